The van der Waals surface area contributed by atoms with Crippen molar-refractivity contribution in [2.45, 2.75) is 6.92 Å². The van der Waals surface area contributed by atoms with Crippen molar-refractivity contribution >= 4 is 25.8 Å². The van der Waals surface area contributed by atoms with Gasteiger partial charge in [-0.1, -0.05) is 0 Å². The fourth-order valence-electron chi connectivity index (χ4n) is 0.463. The van der Waals surface area contributed by atoms with Gasteiger partial charge in [-0.2, -0.15) is 0 Å². The molecule has 0 N–H and O–H groups in total. The summed E-state index contributed by atoms with van der Waals surface area (Å²) in [5.74, 6) is -0.201. The number of nitrogens with zero attached hydrogens (tertiary/aromatic N) is 1. The van der Waals surface area contributed by atoms with Crippen LogP contribution in [0.4, 0.5) is 0 Å². The number of carbonyl (C=O) groups is 1. The molecule has 0 unspecified atom stereocenters. The van der Waals surface area contributed by atoms with E-state index in [-0.39, 0.29) is 25.8 Å². The molecule has 0 atom stereocenters. The third-order valence-corrected chi connectivity index (χ3v) is 1.07. The van der Waals surface area contributed by atoms with Gasteiger partial charge in [0.25, 0.3) is 0 Å². The Kier molecular flexibility index (Phi) is 7.05. The molecule has 4 heteroatoms. The zero-order valence-corrected chi connectivity index (χ0v) is 10.2. The van der Waals surface area contributed by atoms with Crippen LogP contribution < -0.4 is 0 Å². The molecule has 0 aromatic heterocycles. The minimum absolute atomic E-state index is 0. The Bertz CT molecular complexity index is 120. The van der Waals surface area contributed by atoms with Crippen LogP contribution in [0.5, 0.6) is 0 Å². The van der Waals surface area contributed by atoms with Crippen LogP contribution in [0.25, 0.3) is 0 Å². The van der Waals surface area contributed by atoms with E-state index in [0.29, 0.717) is 6.61 Å². The normalized spacial score (nSPS) is 10.2. The summed E-state index contributed by atoms with van der Waals surface area (Å²) in [7, 11) is 6.18. The number of likely N-dealkylation sites (N-methyl/N-ethyl adjacent to an activating group) is 1. The fourth-order valence-corrected chi connectivity index (χ4v) is 0.463. The summed E-state index contributed by atoms with van der Waals surface area (Å²) in [6.07, 6.45) is 0. The van der Waals surface area contributed by atoms with Gasteiger partial charge in [0.1, 0.15) is 13.2 Å². The molecule has 0 aliphatic heterocycles. The van der Waals surface area contributed by atoms with Crippen LogP contribution in [0.2, 0.25) is 0 Å². The largest absolute Gasteiger partial charge is 3.00 e. The van der Waals surface area contributed by atoms with Crippen LogP contribution in [0.3, 0.4) is 0 Å². The van der Waals surface area contributed by atoms with E-state index in [0.717, 1.165) is 11.0 Å². The van der Waals surface area contributed by atoms with Crippen molar-refractivity contribution in [2.24, 2.45) is 0 Å². The summed E-state index contributed by atoms with van der Waals surface area (Å²) in [6, 6.07) is 0. The van der Waals surface area contributed by atoms with Crippen LogP contribution in [-0.4, -0.2) is 64.5 Å². The first-order valence-corrected chi connectivity index (χ1v) is 3.35. The molecule has 11 heavy (non-hydrogen) atoms. The molecular weight excluding hydrogens is 200 g/mol. The monoisotopic (exact) mass is 215 g/mol. The Morgan fingerprint density at radius 3 is 2.09 bits per heavy atom. The number of hydrogen-bond donors (Lipinski definition) is 0. The maximum atomic E-state index is 10.3. The molecule has 0 aliphatic carbocycles. The molecule has 0 spiro atoms. The van der Waals surface area contributed by atoms with Crippen molar-refractivity contribution in [2.75, 3.05) is 34.3 Å². The van der Waals surface area contributed by atoms with Gasteiger partial charge >= 0.3 is 25.8 Å². The van der Waals surface area contributed by atoms with Crippen molar-refractivity contribution < 1.29 is 14.0 Å². The third kappa shape index (κ3) is 13.1. The van der Waals surface area contributed by atoms with Crippen LogP contribution in [0.15, 0.2) is 0 Å². The predicted molar refractivity (Wildman–Crippen MR) is 45.3 cm³/mol. The van der Waals surface area contributed by atoms with Gasteiger partial charge in [0, 0.05) is 6.92 Å². The molecule has 0 heterocycles. The summed E-state index contributed by atoms with van der Waals surface area (Å²) >= 11 is 0. The van der Waals surface area contributed by atoms with Gasteiger partial charge in [-0.3, -0.25) is 4.79 Å². The molecule has 0 aromatic rings. The Morgan fingerprint density at radius 2 is 1.82 bits per heavy atom. The smallest absolute Gasteiger partial charge is 0.460 e. The zero-order chi connectivity index (χ0) is 8.20. The molecule has 0 amide bonds. The van der Waals surface area contributed by atoms with Gasteiger partial charge < -0.3 is 9.22 Å². The van der Waals surface area contributed by atoms with E-state index < -0.39 is 0 Å². The van der Waals surface area contributed by atoms with Crippen molar-refractivity contribution in [1.29, 1.82) is 0 Å². The number of quaternary nitrogens is 1. The fraction of sp³-hybridized carbons (Fsp3) is 0.857. The van der Waals surface area contributed by atoms with Gasteiger partial charge in [0.15, 0.2) is 0 Å². The van der Waals surface area contributed by atoms with E-state index >= 15 is 0 Å². The van der Waals surface area contributed by atoms with E-state index in [1.54, 1.807) is 0 Å². The van der Waals surface area contributed by atoms with Crippen molar-refractivity contribution in [3.8, 4) is 0 Å². The number of carbonyl (C=O) groups excluding carboxylic acids is 1. The number of ether oxygens (including phenoxy) is 1. The Labute approximate surface area is 81.4 Å². The second-order valence-corrected chi connectivity index (χ2v) is 3.35. The standard InChI is InChI=1S/C7H16NO2.Ga/c1-7(9)10-6-5-8(2,3)4;/h5-6H2,1-4H3;/q+1;+3. The summed E-state index contributed by atoms with van der Waals surface area (Å²) in [6.45, 7) is 2.80. The molecule has 0 rings (SSSR count). The number of hydrogen-bond acceptors (Lipinski definition) is 2. The van der Waals surface area contributed by atoms with E-state index in [1.165, 1.54) is 6.92 Å². The Hall–Kier alpha value is 0.0664. The zero-order valence-electron chi connectivity index (χ0n) is 7.76. The molecule has 0 radical (unpaired) electrons. The van der Waals surface area contributed by atoms with E-state index in [9.17, 15) is 4.79 Å². The molecule has 60 valence electrons. The molecule has 0 aromatic carbocycles. The molecule has 0 saturated heterocycles. The van der Waals surface area contributed by atoms with Crippen LogP contribution in [-0.2, 0) is 9.53 Å². The molecule has 0 aliphatic rings. The quantitative estimate of drug-likeness (QED) is 0.373. The minimum Gasteiger partial charge on any atom is -0.460 e. The molecule has 0 saturated carbocycles. The molecular formula is C7H16GaNO2+4. The van der Waals surface area contributed by atoms with Crippen molar-refractivity contribution in [3.63, 3.8) is 0 Å². The Balaban J connectivity index is 0. The first-order chi connectivity index (χ1) is 4.42. The first kappa shape index (κ1) is 13.6. The van der Waals surface area contributed by atoms with E-state index in [1.807, 2.05) is 0 Å². The van der Waals surface area contributed by atoms with Gasteiger partial charge in [-0.05, 0) is 0 Å². The average molecular weight is 216 g/mol. The topological polar surface area (TPSA) is 26.3 Å². The van der Waals surface area contributed by atoms with E-state index in [2.05, 4.69) is 21.1 Å². The second kappa shape index (κ2) is 5.68. The van der Waals surface area contributed by atoms with Gasteiger partial charge in [0.05, 0.1) is 21.1 Å². The predicted octanol–water partition coefficient (Wildman–Crippen LogP) is -0.125. The maximum absolute atomic E-state index is 10.3. The van der Waals surface area contributed by atoms with Crippen LogP contribution >= 0.6 is 0 Å². The average Bonchev–Trinajstić information content (AvgIpc) is 1.59. The summed E-state index contributed by atoms with van der Waals surface area (Å²) in [4.78, 5) is 10.3. The second-order valence-electron chi connectivity index (χ2n) is 3.35. The Morgan fingerprint density at radius 1 is 1.36 bits per heavy atom. The van der Waals surface area contributed by atoms with Crippen molar-refractivity contribution in [3.05, 3.63) is 0 Å². The van der Waals surface area contributed by atoms with Crippen molar-refractivity contribution in [1.82, 2.24) is 0 Å². The molecule has 0 bridgehead atoms. The summed E-state index contributed by atoms with van der Waals surface area (Å²) < 4.78 is 5.59. The molecule has 0 fully saturated rings. The van der Waals surface area contributed by atoms with Gasteiger partial charge in [-0.15, -0.1) is 0 Å². The number of esters is 1. The van der Waals surface area contributed by atoms with Crippen LogP contribution in [0, 0.1) is 0 Å². The number of rotatable bonds is 3. The summed E-state index contributed by atoms with van der Waals surface area (Å²) in [5, 5.41) is 0. The SMILES string of the molecule is CC(=O)OCC[N+](C)(C)C.[Ga+3]. The maximum Gasteiger partial charge on any atom is 3.00 e. The van der Waals surface area contributed by atoms with Gasteiger partial charge in [0.2, 0.25) is 0 Å². The summed E-state index contributed by atoms with van der Waals surface area (Å²) in [5.41, 5.74) is 0. The van der Waals surface area contributed by atoms with Gasteiger partial charge in [-0.25, -0.2) is 0 Å². The van der Waals surface area contributed by atoms with E-state index in [4.69, 9.17) is 4.74 Å². The molecule has 3 nitrogen and oxygen atoms in total. The first-order valence-electron chi connectivity index (χ1n) is 3.35. The third-order valence-electron chi connectivity index (χ3n) is 1.07. The minimum atomic E-state index is -0.201. The van der Waals surface area contributed by atoms with Crippen LogP contribution in [0.1, 0.15) is 6.92 Å².